The smallest absolute Gasteiger partial charge is 0.191 e. The molecule has 2 unspecified atom stereocenters. The van der Waals surface area contributed by atoms with E-state index < -0.39 is 0 Å². The molecule has 1 aliphatic heterocycles. The molecule has 1 aliphatic rings. The molecule has 3 rings (SSSR count). The van der Waals surface area contributed by atoms with Crippen molar-refractivity contribution in [2.75, 3.05) is 47.3 Å². The summed E-state index contributed by atoms with van der Waals surface area (Å²) in [7, 11) is 7.97. The molecule has 0 aromatic carbocycles. The molecule has 0 radical (unpaired) electrons. The van der Waals surface area contributed by atoms with Crippen LogP contribution in [0.25, 0.3) is 0 Å². The minimum Gasteiger partial charge on any atom is -0.354 e. The highest BCUT2D eigenvalue weighted by atomic mass is 32.1. The Balaban J connectivity index is 1.58. The number of nitrogens with zero attached hydrogens (tertiary/aromatic N) is 5. The number of aryl methyl sites for hydroxylation is 1. The second-order valence-electron chi connectivity index (χ2n) is 7.54. The van der Waals surface area contributed by atoms with Crippen LogP contribution >= 0.6 is 11.3 Å². The molecule has 2 aromatic heterocycles. The number of likely N-dealkylation sites (N-methyl/N-ethyl adjacent to an activating group) is 1. The monoisotopic (exact) mass is 403 g/mol. The molecule has 0 saturated carbocycles. The number of guanidine groups is 1. The van der Waals surface area contributed by atoms with Crippen LogP contribution in [0.15, 0.2) is 34.9 Å². The van der Waals surface area contributed by atoms with Crippen molar-refractivity contribution >= 4 is 17.3 Å². The van der Waals surface area contributed by atoms with Gasteiger partial charge in [-0.2, -0.15) is 5.10 Å². The van der Waals surface area contributed by atoms with Crippen LogP contribution in [0.5, 0.6) is 0 Å². The Bertz CT molecular complexity index is 732. The zero-order chi connectivity index (χ0) is 19.9. The van der Waals surface area contributed by atoms with Gasteiger partial charge in [0.2, 0.25) is 0 Å². The van der Waals surface area contributed by atoms with Crippen LogP contribution in [0.3, 0.4) is 0 Å². The average molecular weight is 404 g/mol. The molecule has 2 N–H and O–H groups in total. The molecule has 0 amide bonds. The lowest BCUT2D eigenvalue weighted by Gasteiger charge is -2.28. The summed E-state index contributed by atoms with van der Waals surface area (Å²) in [4.78, 5) is 10.7. The number of nitrogens with one attached hydrogen (secondary N) is 2. The van der Waals surface area contributed by atoms with Gasteiger partial charge in [0.05, 0.1) is 18.3 Å². The number of likely N-dealkylation sites (tertiary alicyclic amines) is 1. The Morgan fingerprint density at radius 3 is 2.61 bits per heavy atom. The van der Waals surface area contributed by atoms with Gasteiger partial charge >= 0.3 is 0 Å². The molecule has 0 bridgehead atoms. The van der Waals surface area contributed by atoms with E-state index in [1.165, 1.54) is 36.4 Å². The van der Waals surface area contributed by atoms with Gasteiger partial charge in [-0.25, -0.2) is 0 Å². The molecule has 28 heavy (non-hydrogen) atoms. The zero-order valence-electron chi connectivity index (χ0n) is 17.4. The van der Waals surface area contributed by atoms with E-state index in [4.69, 9.17) is 0 Å². The first-order chi connectivity index (χ1) is 13.6. The highest BCUT2D eigenvalue weighted by Crippen LogP contribution is 2.27. The normalized spacial score (nSPS) is 17.8. The number of aromatic nitrogens is 2. The third-order valence-electron chi connectivity index (χ3n) is 5.34. The molecule has 1 fully saturated rings. The average Bonchev–Trinajstić information content (AvgIpc) is 3.43. The molecule has 0 spiro atoms. The fourth-order valence-corrected chi connectivity index (χ4v) is 4.62. The number of rotatable bonds is 8. The van der Waals surface area contributed by atoms with Gasteiger partial charge in [-0.15, -0.1) is 11.3 Å². The fourth-order valence-electron chi connectivity index (χ4n) is 3.76. The molecule has 7 nitrogen and oxygen atoms in total. The van der Waals surface area contributed by atoms with Crippen molar-refractivity contribution in [1.29, 1.82) is 0 Å². The summed E-state index contributed by atoms with van der Waals surface area (Å²) < 4.78 is 1.85. The van der Waals surface area contributed by atoms with Crippen molar-refractivity contribution < 1.29 is 0 Å². The first kappa shape index (κ1) is 20.8. The van der Waals surface area contributed by atoms with Gasteiger partial charge < -0.3 is 15.5 Å². The van der Waals surface area contributed by atoms with E-state index >= 15 is 0 Å². The minimum absolute atomic E-state index is 0.235. The lowest BCUT2D eigenvalue weighted by Crippen LogP contribution is -2.44. The van der Waals surface area contributed by atoms with E-state index in [0.29, 0.717) is 6.04 Å². The van der Waals surface area contributed by atoms with E-state index in [0.717, 1.165) is 19.0 Å². The first-order valence-corrected chi connectivity index (χ1v) is 10.8. The van der Waals surface area contributed by atoms with Crippen LogP contribution in [-0.2, 0) is 7.05 Å². The predicted molar refractivity (Wildman–Crippen MR) is 117 cm³/mol. The standard InChI is InChI=1S/C20H33N7S/c1-21-20(22-13-17(25(2)3)16-12-24-26(4)15-16)23-14-18(19-8-7-11-28-19)27-9-5-6-10-27/h7-8,11-12,15,17-18H,5-6,9-10,13-14H2,1-4H3,(H2,21,22,23). The Morgan fingerprint density at radius 2 is 2.04 bits per heavy atom. The van der Waals surface area contributed by atoms with Crippen LogP contribution < -0.4 is 10.6 Å². The lowest BCUT2D eigenvalue weighted by atomic mass is 10.1. The molecule has 3 heterocycles. The Labute approximate surface area is 172 Å². The molecular weight excluding hydrogens is 370 g/mol. The van der Waals surface area contributed by atoms with E-state index in [2.05, 4.69) is 68.3 Å². The summed E-state index contributed by atoms with van der Waals surface area (Å²) in [5.74, 6) is 0.844. The Kier molecular flexibility index (Phi) is 7.47. The maximum Gasteiger partial charge on any atom is 0.191 e. The third-order valence-corrected chi connectivity index (χ3v) is 6.31. The van der Waals surface area contributed by atoms with Crippen LogP contribution in [0.4, 0.5) is 0 Å². The van der Waals surface area contributed by atoms with Crippen molar-refractivity contribution in [2.45, 2.75) is 24.9 Å². The number of thiophene rings is 1. The largest absolute Gasteiger partial charge is 0.354 e. The van der Waals surface area contributed by atoms with Crippen molar-refractivity contribution in [3.05, 3.63) is 40.3 Å². The number of hydrogen-bond donors (Lipinski definition) is 2. The van der Waals surface area contributed by atoms with E-state index in [-0.39, 0.29) is 6.04 Å². The van der Waals surface area contributed by atoms with Gasteiger partial charge in [0, 0.05) is 43.8 Å². The Hall–Kier alpha value is -1.90. The van der Waals surface area contributed by atoms with Crippen LogP contribution in [0.2, 0.25) is 0 Å². The maximum atomic E-state index is 4.44. The van der Waals surface area contributed by atoms with E-state index in [1.807, 2.05) is 36.3 Å². The summed E-state index contributed by atoms with van der Waals surface area (Å²) in [6.07, 6.45) is 6.60. The van der Waals surface area contributed by atoms with Gasteiger partial charge in [-0.3, -0.25) is 14.6 Å². The Morgan fingerprint density at radius 1 is 1.29 bits per heavy atom. The van der Waals surface area contributed by atoms with Crippen molar-refractivity contribution in [3.8, 4) is 0 Å². The van der Waals surface area contributed by atoms with Gasteiger partial charge in [0.15, 0.2) is 5.96 Å². The van der Waals surface area contributed by atoms with Crippen LogP contribution in [0, 0.1) is 0 Å². The molecule has 8 heteroatoms. The second kappa shape index (κ2) is 10.0. The van der Waals surface area contributed by atoms with Gasteiger partial charge in [-0.05, 0) is 51.5 Å². The molecule has 0 aliphatic carbocycles. The first-order valence-electron chi connectivity index (χ1n) is 9.95. The molecule has 1 saturated heterocycles. The van der Waals surface area contributed by atoms with Crippen molar-refractivity contribution in [1.82, 2.24) is 30.2 Å². The molecular formula is C20H33N7S. The van der Waals surface area contributed by atoms with Crippen LogP contribution in [0.1, 0.15) is 35.4 Å². The molecule has 154 valence electrons. The minimum atomic E-state index is 0.235. The fraction of sp³-hybridized carbons (Fsp3) is 0.600. The summed E-state index contributed by atoms with van der Waals surface area (Å²) in [6.45, 7) is 3.99. The van der Waals surface area contributed by atoms with Crippen LogP contribution in [-0.4, -0.2) is 72.9 Å². The quantitative estimate of drug-likeness (QED) is 0.522. The summed E-state index contributed by atoms with van der Waals surface area (Å²) in [5, 5.41) is 13.5. The topological polar surface area (TPSA) is 60.7 Å². The van der Waals surface area contributed by atoms with Crippen molar-refractivity contribution in [2.24, 2.45) is 12.0 Å². The zero-order valence-corrected chi connectivity index (χ0v) is 18.2. The SMILES string of the molecule is CN=C(NCC(c1cnn(C)c1)N(C)C)NCC(c1cccs1)N1CCCC1. The highest BCUT2D eigenvalue weighted by molar-refractivity contribution is 7.10. The van der Waals surface area contributed by atoms with Crippen molar-refractivity contribution in [3.63, 3.8) is 0 Å². The van der Waals surface area contributed by atoms with E-state index in [1.54, 1.807) is 0 Å². The second-order valence-corrected chi connectivity index (χ2v) is 8.51. The lowest BCUT2D eigenvalue weighted by molar-refractivity contribution is 0.248. The third kappa shape index (κ3) is 5.33. The number of hydrogen-bond acceptors (Lipinski definition) is 5. The molecule has 2 atom stereocenters. The van der Waals surface area contributed by atoms with Gasteiger partial charge in [0.25, 0.3) is 0 Å². The van der Waals surface area contributed by atoms with Gasteiger partial charge in [-0.1, -0.05) is 6.07 Å². The summed E-state index contributed by atoms with van der Waals surface area (Å²) in [5.41, 5.74) is 1.20. The summed E-state index contributed by atoms with van der Waals surface area (Å²) >= 11 is 1.84. The summed E-state index contributed by atoms with van der Waals surface area (Å²) in [6, 6.07) is 5.03. The maximum absolute atomic E-state index is 4.44. The van der Waals surface area contributed by atoms with Gasteiger partial charge in [0.1, 0.15) is 0 Å². The molecule has 2 aromatic rings. The predicted octanol–water partition coefficient (Wildman–Crippen LogP) is 2.09. The van der Waals surface area contributed by atoms with E-state index in [9.17, 15) is 0 Å². The highest BCUT2D eigenvalue weighted by Gasteiger charge is 2.24. The number of aliphatic imine (C=N–C) groups is 1.